The van der Waals surface area contributed by atoms with Gasteiger partial charge in [-0.1, -0.05) is 0 Å². The third-order valence-electron chi connectivity index (χ3n) is 2.27. The van der Waals surface area contributed by atoms with E-state index in [2.05, 4.69) is 20.3 Å². The second-order valence-electron chi connectivity index (χ2n) is 3.74. The topological polar surface area (TPSA) is 50.7 Å². The minimum atomic E-state index is -4.11. The predicted molar refractivity (Wildman–Crippen MR) is 61.1 cm³/mol. The van der Waals surface area contributed by atoms with E-state index in [9.17, 15) is 13.2 Å². The van der Waals surface area contributed by atoms with Crippen molar-refractivity contribution in [2.24, 2.45) is 0 Å². The van der Waals surface area contributed by atoms with Gasteiger partial charge in [-0.25, -0.2) is 9.97 Å². The summed E-state index contributed by atoms with van der Waals surface area (Å²) in [5.74, 6) is 0.505. The lowest BCUT2D eigenvalue weighted by atomic mass is 10.3. The fraction of sp³-hybridized carbons (Fsp3) is 0.364. The van der Waals surface area contributed by atoms with Crippen molar-refractivity contribution in [3.63, 3.8) is 0 Å². The highest BCUT2D eigenvalue weighted by Crippen LogP contribution is 2.21. The van der Waals surface area contributed by atoms with E-state index in [-0.39, 0.29) is 13.0 Å². The molecule has 96 valence electrons. The molecule has 2 aromatic rings. The highest BCUT2D eigenvalue weighted by Gasteiger charge is 2.25. The molecule has 0 radical (unpaired) electrons. The van der Waals surface area contributed by atoms with Crippen LogP contribution in [0.4, 0.5) is 19.0 Å². The summed E-state index contributed by atoms with van der Waals surface area (Å²) < 4.78 is 35.8. The number of nitrogens with zero attached hydrogens (tertiary/aromatic N) is 3. The van der Waals surface area contributed by atoms with E-state index in [1.54, 1.807) is 18.3 Å². The first-order valence-electron chi connectivity index (χ1n) is 5.43. The van der Waals surface area contributed by atoms with E-state index in [1.165, 1.54) is 6.20 Å². The zero-order valence-corrected chi connectivity index (χ0v) is 9.41. The molecule has 0 aliphatic heterocycles. The summed E-state index contributed by atoms with van der Waals surface area (Å²) in [7, 11) is 0. The van der Waals surface area contributed by atoms with Crippen LogP contribution in [0.15, 0.2) is 24.5 Å². The first-order valence-corrected chi connectivity index (χ1v) is 5.43. The van der Waals surface area contributed by atoms with Crippen LogP contribution in [0, 0.1) is 0 Å². The number of aromatic nitrogens is 3. The van der Waals surface area contributed by atoms with Crippen LogP contribution in [0.5, 0.6) is 0 Å². The summed E-state index contributed by atoms with van der Waals surface area (Å²) in [6, 6.07) is 3.39. The van der Waals surface area contributed by atoms with Crippen molar-refractivity contribution in [2.75, 3.05) is 11.9 Å². The Morgan fingerprint density at radius 3 is 2.67 bits per heavy atom. The lowest BCUT2D eigenvalue weighted by molar-refractivity contribution is -0.134. The van der Waals surface area contributed by atoms with Gasteiger partial charge in [-0.3, -0.25) is 4.98 Å². The van der Waals surface area contributed by atoms with E-state index >= 15 is 0 Å². The Kier molecular flexibility index (Phi) is 3.59. The minimum absolute atomic E-state index is 0.0175. The molecule has 1 N–H and O–H groups in total. The van der Waals surface area contributed by atoms with Crippen molar-refractivity contribution in [3.8, 4) is 0 Å². The monoisotopic (exact) mass is 256 g/mol. The van der Waals surface area contributed by atoms with Gasteiger partial charge in [0.05, 0.1) is 0 Å². The molecule has 0 aliphatic carbocycles. The van der Waals surface area contributed by atoms with Crippen LogP contribution >= 0.6 is 0 Å². The second-order valence-corrected chi connectivity index (χ2v) is 3.74. The van der Waals surface area contributed by atoms with Crippen molar-refractivity contribution >= 4 is 17.0 Å². The summed E-state index contributed by atoms with van der Waals surface area (Å²) in [6.45, 7) is 0.221. The van der Waals surface area contributed by atoms with Crippen LogP contribution in [0.3, 0.4) is 0 Å². The van der Waals surface area contributed by atoms with Crippen LogP contribution in [0.25, 0.3) is 11.2 Å². The van der Waals surface area contributed by atoms with Crippen molar-refractivity contribution in [2.45, 2.75) is 19.0 Å². The summed E-state index contributed by atoms with van der Waals surface area (Å²) in [5.41, 5.74) is 1.12. The van der Waals surface area contributed by atoms with E-state index in [0.29, 0.717) is 17.0 Å². The Hall–Kier alpha value is -1.92. The Balaban J connectivity index is 1.92. The number of halogens is 3. The quantitative estimate of drug-likeness (QED) is 0.854. The van der Waals surface area contributed by atoms with Crippen LogP contribution in [0.2, 0.25) is 0 Å². The maximum absolute atomic E-state index is 11.9. The van der Waals surface area contributed by atoms with Crippen molar-refractivity contribution < 1.29 is 13.2 Å². The average molecular weight is 256 g/mol. The number of fused-ring (bicyclic) bond motifs is 1. The van der Waals surface area contributed by atoms with E-state index in [0.717, 1.165) is 0 Å². The van der Waals surface area contributed by atoms with Crippen molar-refractivity contribution in [1.82, 2.24) is 15.0 Å². The standard InChI is InChI=1S/C11H11F3N4/c12-11(13,14)4-1-5-16-9-3-2-8-10(18-9)17-7-6-15-8/h2-3,6-7H,1,4-5H2,(H,16,17,18). The maximum atomic E-state index is 11.9. The molecule has 0 amide bonds. The van der Waals surface area contributed by atoms with Gasteiger partial charge in [0.15, 0.2) is 5.65 Å². The van der Waals surface area contributed by atoms with E-state index < -0.39 is 12.6 Å². The lowest BCUT2D eigenvalue weighted by Crippen LogP contribution is -2.11. The molecular formula is C11H11F3N4. The largest absolute Gasteiger partial charge is 0.389 e. The summed E-state index contributed by atoms with van der Waals surface area (Å²) >= 11 is 0. The number of hydrogen-bond acceptors (Lipinski definition) is 4. The first kappa shape index (κ1) is 12.5. The normalized spacial score (nSPS) is 11.7. The van der Waals surface area contributed by atoms with Gasteiger partial charge >= 0.3 is 6.18 Å². The number of hydrogen-bond donors (Lipinski definition) is 1. The van der Waals surface area contributed by atoms with Gasteiger partial charge < -0.3 is 5.32 Å². The van der Waals surface area contributed by atoms with Crippen LogP contribution < -0.4 is 5.32 Å². The van der Waals surface area contributed by atoms with Gasteiger partial charge in [0.1, 0.15) is 11.3 Å². The summed E-state index contributed by atoms with van der Waals surface area (Å²) in [6.07, 6.45) is -1.82. The Morgan fingerprint density at radius 2 is 1.89 bits per heavy atom. The molecule has 0 bridgehead atoms. The first-order chi connectivity index (χ1) is 8.54. The molecule has 0 aliphatic rings. The average Bonchev–Trinajstić information content (AvgIpc) is 2.33. The fourth-order valence-corrected chi connectivity index (χ4v) is 1.46. The number of rotatable bonds is 4. The molecule has 0 unspecified atom stereocenters. The maximum Gasteiger partial charge on any atom is 0.389 e. The third-order valence-corrected chi connectivity index (χ3v) is 2.27. The second kappa shape index (κ2) is 5.16. The molecule has 0 spiro atoms. The van der Waals surface area contributed by atoms with Crippen molar-refractivity contribution in [1.29, 1.82) is 0 Å². The summed E-state index contributed by atoms with van der Waals surface area (Å²) in [5, 5.41) is 2.83. The molecule has 18 heavy (non-hydrogen) atoms. The molecule has 2 aromatic heterocycles. The molecule has 0 saturated heterocycles. The number of pyridine rings is 1. The molecule has 0 aromatic carbocycles. The zero-order chi connectivity index (χ0) is 13.0. The van der Waals surface area contributed by atoms with Gasteiger partial charge in [0.25, 0.3) is 0 Å². The molecule has 4 nitrogen and oxygen atoms in total. The molecule has 7 heteroatoms. The molecule has 0 atom stereocenters. The minimum Gasteiger partial charge on any atom is -0.370 e. The predicted octanol–water partition coefficient (Wildman–Crippen LogP) is 2.78. The smallest absolute Gasteiger partial charge is 0.370 e. The van der Waals surface area contributed by atoms with E-state index in [4.69, 9.17) is 0 Å². The van der Waals surface area contributed by atoms with Gasteiger partial charge in [0, 0.05) is 25.4 Å². The zero-order valence-electron chi connectivity index (χ0n) is 9.41. The highest BCUT2D eigenvalue weighted by atomic mass is 19.4. The third kappa shape index (κ3) is 3.54. The van der Waals surface area contributed by atoms with Gasteiger partial charge in [-0.15, -0.1) is 0 Å². The van der Waals surface area contributed by atoms with Crippen LogP contribution in [-0.4, -0.2) is 27.7 Å². The summed E-state index contributed by atoms with van der Waals surface area (Å²) in [4.78, 5) is 12.2. The molecule has 0 saturated carbocycles. The van der Waals surface area contributed by atoms with Gasteiger partial charge in [-0.05, 0) is 18.6 Å². The Bertz CT molecular complexity index is 527. The van der Waals surface area contributed by atoms with Gasteiger partial charge in [-0.2, -0.15) is 13.2 Å². The molecule has 2 rings (SSSR count). The molecule has 2 heterocycles. The highest BCUT2D eigenvalue weighted by molar-refractivity contribution is 5.71. The fourth-order valence-electron chi connectivity index (χ4n) is 1.46. The van der Waals surface area contributed by atoms with Crippen LogP contribution in [-0.2, 0) is 0 Å². The molecule has 0 fully saturated rings. The number of anilines is 1. The number of alkyl halides is 3. The van der Waals surface area contributed by atoms with Gasteiger partial charge in [0.2, 0.25) is 0 Å². The van der Waals surface area contributed by atoms with Crippen molar-refractivity contribution in [3.05, 3.63) is 24.5 Å². The Morgan fingerprint density at radius 1 is 1.11 bits per heavy atom. The SMILES string of the molecule is FC(F)(F)CCCNc1ccc2nccnc2n1. The number of nitrogens with one attached hydrogen (secondary N) is 1. The van der Waals surface area contributed by atoms with E-state index in [1.807, 2.05) is 0 Å². The van der Waals surface area contributed by atoms with Crippen LogP contribution in [0.1, 0.15) is 12.8 Å². The Labute approximate surface area is 101 Å². The lowest BCUT2D eigenvalue weighted by Gasteiger charge is -2.07. The molecular weight excluding hydrogens is 245 g/mol.